The first-order valence-corrected chi connectivity index (χ1v) is 10.3. The van der Waals surface area contributed by atoms with Gasteiger partial charge in [-0.05, 0) is 48.0 Å². The number of halogens is 2. The number of hydrogen-bond acceptors (Lipinski definition) is 5. The van der Waals surface area contributed by atoms with Crippen molar-refractivity contribution in [3.63, 3.8) is 0 Å². The predicted octanol–water partition coefficient (Wildman–Crippen LogP) is 5.65. The van der Waals surface area contributed by atoms with E-state index < -0.39 is 0 Å². The van der Waals surface area contributed by atoms with Crippen LogP contribution in [0.1, 0.15) is 27.0 Å². The lowest BCUT2D eigenvalue weighted by Gasteiger charge is -2.20. The standard InChI is InChI=1S/C24H16BrFO5/c25-17-7-15(24-16(8-17)12-28-13-30-24)9-22-23(27)20-6-5-19(10-21(20)31-22)29-11-14-1-3-18(26)4-2-14/h1-10H,11-13H2/b22-9-. The third-order valence-electron chi connectivity index (χ3n) is 4.95. The van der Waals surface area contributed by atoms with Crippen molar-refractivity contribution in [2.24, 2.45) is 0 Å². The maximum Gasteiger partial charge on any atom is 0.231 e. The number of Topliss-reactive ketones (excluding diaryl/α,β-unsaturated/α-hetero) is 1. The van der Waals surface area contributed by atoms with Crippen LogP contribution in [-0.2, 0) is 18.0 Å². The Hall–Kier alpha value is -3.16. The van der Waals surface area contributed by atoms with Gasteiger partial charge >= 0.3 is 0 Å². The van der Waals surface area contributed by atoms with Gasteiger partial charge in [0.15, 0.2) is 12.6 Å². The fraction of sp³-hybridized carbons (Fsp3) is 0.125. The molecule has 7 heteroatoms. The van der Waals surface area contributed by atoms with E-state index in [1.807, 2.05) is 12.1 Å². The number of carbonyl (C=O) groups is 1. The molecule has 0 saturated carbocycles. The number of ether oxygens (including phenoxy) is 4. The fourth-order valence-electron chi connectivity index (χ4n) is 3.46. The van der Waals surface area contributed by atoms with Crippen LogP contribution in [0.3, 0.4) is 0 Å². The number of ketones is 1. The molecule has 0 amide bonds. The van der Waals surface area contributed by atoms with Crippen molar-refractivity contribution >= 4 is 27.8 Å². The molecular formula is C24H16BrFO5. The third kappa shape index (κ3) is 4.06. The van der Waals surface area contributed by atoms with Crippen LogP contribution in [0.5, 0.6) is 17.2 Å². The Bertz CT molecular complexity index is 1200. The number of fused-ring (bicyclic) bond motifs is 2. The Morgan fingerprint density at radius 2 is 1.94 bits per heavy atom. The van der Waals surface area contributed by atoms with Gasteiger partial charge < -0.3 is 18.9 Å². The quantitative estimate of drug-likeness (QED) is 0.449. The lowest BCUT2D eigenvalue weighted by Crippen LogP contribution is -2.12. The number of hydrogen-bond donors (Lipinski definition) is 0. The summed E-state index contributed by atoms with van der Waals surface area (Å²) in [5, 5.41) is 0. The van der Waals surface area contributed by atoms with E-state index in [0.29, 0.717) is 29.4 Å². The average molecular weight is 483 g/mol. The minimum atomic E-state index is -0.294. The van der Waals surface area contributed by atoms with E-state index in [1.54, 1.807) is 36.4 Å². The monoisotopic (exact) mass is 482 g/mol. The van der Waals surface area contributed by atoms with E-state index in [2.05, 4.69) is 15.9 Å². The van der Waals surface area contributed by atoms with Crippen molar-refractivity contribution in [1.29, 1.82) is 0 Å². The maximum atomic E-state index is 13.0. The molecule has 0 unspecified atom stereocenters. The molecule has 0 radical (unpaired) electrons. The predicted molar refractivity (Wildman–Crippen MR) is 115 cm³/mol. The normalized spacial score (nSPS) is 15.8. The number of allylic oxidation sites excluding steroid dienone is 1. The van der Waals surface area contributed by atoms with E-state index in [1.165, 1.54) is 12.1 Å². The van der Waals surface area contributed by atoms with Crippen LogP contribution in [0, 0.1) is 5.82 Å². The Kier molecular flexibility index (Phi) is 5.21. The van der Waals surface area contributed by atoms with E-state index in [-0.39, 0.29) is 30.8 Å². The first kappa shape index (κ1) is 19.8. The second-order valence-corrected chi connectivity index (χ2v) is 8.02. The molecule has 0 bridgehead atoms. The molecular weight excluding hydrogens is 467 g/mol. The van der Waals surface area contributed by atoms with Crippen molar-refractivity contribution in [1.82, 2.24) is 0 Å². The van der Waals surface area contributed by atoms with Gasteiger partial charge in [0.25, 0.3) is 0 Å². The first-order chi connectivity index (χ1) is 15.1. The first-order valence-electron chi connectivity index (χ1n) is 9.55. The van der Waals surface area contributed by atoms with E-state index in [0.717, 1.165) is 21.2 Å². The Morgan fingerprint density at radius 3 is 2.77 bits per heavy atom. The molecule has 2 aliphatic rings. The SMILES string of the molecule is O=C1/C(=C/c2cc(Br)cc3c2OCOC3)Oc2cc(OCc3ccc(F)cc3)ccc21. The van der Waals surface area contributed by atoms with Crippen molar-refractivity contribution in [2.75, 3.05) is 6.79 Å². The van der Waals surface area contributed by atoms with Gasteiger partial charge in [-0.2, -0.15) is 0 Å². The second-order valence-electron chi connectivity index (χ2n) is 7.11. The molecule has 0 atom stereocenters. The molecule has 3 aromatic rings. The summed E-state index contributed by atoms with van der Waals surface area (Å²) in [4.78, 5) is 12.8. The highest BCUT2D eigenvalue weighted by Gasteiger charge is 2.28. The minimum absolute atomic E-state index is 0.161. The van der Waals surface area contributed by atoms with Gasteiger partial charge in [-0.1, -0.05) is 28.1 Å². The molecule has 31 heavy (non-hydrogen) atoms. The number of carbonyl (C=O) groups excluding carboxylic acids is 1. The molecule has 0 fully saturated rings. The van der Waals surface area contributed by atoms with Crippen molar-refractivity contribution in [2.45, 2.75) is 13.2 Å². The summed E-state index contributed by atoms with van der Waals surface area (Å²) in [7, 11) is 0. The molecule has 0 spiro atoms. The lowest BCUT2D eigenvalue weighted by molar-refractivity contribution is -0.0165. The maximum absolute atomic E-state index is 13.0. The summed E-state index contributed by atoms with van der Waals surface area (Å²) in [5.41, 5.74) is 2.93. The molecule has 5 nitrogen and oxygen atoms in total. The average Bonchev–Trinajstić information content (AvgIpc) is 3.08. The van der Waals surface area contributed by atoms with Crippen molar-refractivity contribution < 1.29 is 28.1 Å². The van der Waals surface area contributed by atoms with E-state index in [9.17, 15) is 9.18 Å². The van der Waals surface area contributed by atoms with E-state index >= 15 is 0 Å². The van der Waals surface area contributed by atoms with Crippen LogP contribution in [0.2, 0.25) is 0 Å². The molecule has 5 rings (SSSR count). The zero-order chi connectivity index (χ0) is 21.4. The zero-order valence-electron chi connectivity index (χ0n) is 16.2. The summed E-state index contributed by atoms with van der Waals surface area (Å²) in [5.74, 6) is 1.37. The number of benzene rings is 3. The summed E-state index contributed by atoms with van der Waals surface area (Å²) in [6, 6.07) is 15.0. The Labute approximate surface area is 186 Å². The third-order valence-corrected chi connectivity index (χ3v) is 5.41. The van der Waals surface area contributed by atoms with Crippen LogP contribution < -0.4 is 14.2 Å². The van der Waals surface area contributed by atoms with Gasteiger partial charge in [0.1, 0.15) is 29.7 Å². The summed E-state index contributed by atoms with van der Waals surface area (Å²) in [6.07, 6.45) is 1.68. The van der Waals surface area contributed by atoms with Crippen LogP contribution in [0.25, 0.3) is 6.08 Å². The summed E-state index contributed by atoms with van der Waals surface area (Å²) >= 11 is 3.48. The Balaban J connectivity index is 1.38. The van der Waals surface area contributed by atoms with Gasteiger partial charge in [0.2, 0.25) is 5.78 Å². The van der Waals surface area contributed by atoms with Crippen molar-refractivity contribution in [3.8, 4) is 17.2 Å². The molecule has 0 saturated heterocycles. The molecule has 3 aromatic carbocycles. The van der Waals surface area contributed by atoms with E-state index in [4.69, 9.17) is 18.9 Å². The second kappa shape index (κ2) is 8.17. The van der Waals surface area contributed by atoms with Crippen molar-refractivity contribution in [3.05, 3.63) is 92.9 Å². The highest BCUT2D eigenvalue weighted by molar-refractivity contribution is 9.10. The van der Waals surface area contributed by atoms with Crippen LogP contribution in [0.15, 0.2) is 64.8 Å². The van der Waals surface area contributed by atoms with Gasteiger partial charge in [0.05, 0.1) is 12.2 Å². The topological polar surface area (TPSA) is 54.0 Å². The van der Waals surface area contributed by atoms with Crippen LogP contribution >= 0.6 is 15.9 Å². The smallest absolute Gasteiger partial charge is 0.231 e. The highest BCUT2D eigenvalue weighted by Crippen LogP contribution is 2.38. The molecule has 0 aliphatic carbocycles. The highest BCUT2D eigenvalue weighted by atomic mass is 79.9. The van der Waals surface area contributed by atoms with Gasteiger partial charge in [-0.3, -0.25) is 4.79 Å². The lowest BCUT2D eigenvalue weighted by atomic mass is 10.1. The molecule has 0 N–H and O–H groups in total. The summed E-state index contributed by atoms with van der Waals surface area (Å²) in [6.45, 7) is 0.878. The van der Waals surface area contributed by atoms with Gasteiger partial charge in [-0.15, -0.1) is 0 Å². The Morgan fingerprint density at radius 1 is 1.10 bits per heavy atom. The molecule has 2 aliphatic heterocycles. The fourth-order valence-corrected chi connectivity index (χ4v) is 3.98. The largest absolute Gasteiger partial charge is 0.489 e. The van der Waals surface area contributed by atoms with Gasteiger partial charge in [0, 0.05) is 21.7 Å². The molecule has 156 valence electrons. The zero-order valence-corrected chi connectivity index (χ0v) is 17.8. The number of rotatable bonds is 4. The van der Waals surface area contributed by atoms with Crippen LogP contribution in [0.4, 0.5) is 4.39 Å². The molecule has 2 heterocycles. The molecule has 0 aromatic heterocycles. The summed E-state index contributed by atoms with van der Waals surface area (Å²) < 4.78 is 36.5. The van der Waals surface area contributed by atoms with Gasteiger partial charge in [-0.25, -0.2) is 4.39 Å². The van der Waals surface area contributed by atoms with Crippen LogP contribution in [-0.4, -0.2) is 12.6 Å². The minimum Gasteiger partial charge on any atom is -0.489 e.